The molecule has 1 aromatic heterocycles. The Labute approximate surface area is 65.8 Å². The van der Waals surface area contributed by atoms with E-state index in [1.54, 1.807) is 31.3 Å². The minimum Gasteiger partial charge on any atom is -0.382 e. The molecule has 4 nitrogen and oxygen atoms in total. The lowest BCUT2D eigenvalue weighted by molar-refractivity contribution is 0.588. The van der Waals surface area contributed by atoms with E-state index in [4.69, 9.17) is 5.73 Å². The van der Waals surface area contributed by atoms with Gasteiger partial charge in [-0.05, 0) is 13.3 Å². The second-order valence-corrected chi connectivity index (χ2v) is 6.11. The van der Waals surface area contributed by atoms with Gasteiger partial charge in [0.1, 0.15) is 7.14 Å². The summed E-state index contributed by atoms with van der Waals surface area (Å²) >= 11 is 0. The number of anilines is 1. The van der Waals surface area contributed by atoms with Gasteiger partial charge in [0, 0.05) is 13.2 Å². The second kappa shape index (κ2) is 2.38. The van der Waals surface area contributed by atoms with Gasteiger partial charge in [0.25, 0.3) is 0 Å². The van der Waals surface area contributed by atoms with Crippen LogP contribution in [0.1, 0.15) is 0 Å². The third-order valence-corrected chi connectivity index (χ3v) is 2.92. The molecule has 11 heavy (non-hydrogen) atoms. The summed E-state index contributed by atoms with van der Waals surface area (Å²) in [6.07, 6.45) is 1.70. The summed E-state index contributed by atoms with van der Waals surface area (Å²) in [5, 5.41) is 4.57. The molecular formula is C6H12N3OP. The smallest absolute Gasteiger partial charge is 0.156 e. The predicted octanol–water partition coefficient (Wildman–Crippen LogP) is 0.250. The van der Waals surface area contributed by atoms with Crippen molar-refractivity contribution in [1.82, 2.24) is 9.78 Å². The Hall–Kier alpha value is -0.760. The Morgan fingerprint density at radius 2 is 2.18 bits per heavy atom. The Bertz CT molecular complexity index is 312. The van der Waals surface area contributed by atoms with E-state index in [1.807, 2.05) is 0 Å². The van der Waals surface area contributed by atoms with E-state index >= 15 is 0 Å². The zero-order chi connectivity index (χ0) is 8.65. The Kier molecular flexibility index (Phi) is 1.80. The molecule has 0 saturated carbocycles. The van der Waals surface area contributed by atoms with Crippen molar-refractivity contribution in [3.63, 3.8) is 0 Å². The molecule has 0 aliphatic heterocycles. The molecule has 1 aromatic rings. The highest BCUT2D eigenvalue weighted by Gasteiger charge is 2.17. The normalized spacial score (nSPS) is 11.9. The first-order chi connectivity index (χ1) is 4.91. The first kappa shape index (κ1) is 8.34. The van der Waals surface area contributed by atoms with Crippen LogP contribution in [0.2, 0.25) is 0 Å². The van der Waals surface area contributed by atoms with Crippen molar-refractivity contribution in [3.8, 4) is 0 Å². The minimum atomic E-state index is -2.24. The summed E-state index contributed by atoms with van der Waals surface area (Å²) < 4.78 is 13.1. The Morgan fingerprint density at radius 3 is 2.36 bits per heavy atom. The first-order valence-electron chi connectivity index (χ1n) is 3.26. The third-order valence-electron chi connectivity index (χ3n) is 1.42. The lowest BCUT2D eigenvalue weighted by Gasteiger charge is -2.01. The van der Waals surface area contributed by atoms with Crippen LogP contribution in [-0.4, -0.2) is 23.1 Å². The molecule has 0 amide bonds. The second-order valence-electron chi connectivity index (χ2n) is 2.92. The van der Waals surface area contributed by atoms with Crippen molar-refractivity contribution >= 4 is 18.3 Å². The number of hydrogen-bond donors (Lipinski definition) is 1. The maximum atomic E-state index is 11.5. The fraction of sp³-hybridized carbons (Fsp3) is 0.500. The monoisotopic (exact) mass is 173 g/mol. The van der Waals surface area contributed by atoms with Crippen molar-refractivity contribution in [2.75, 3.05) is 19.1 Å². The summed E-state index contributed by atoms with van der Waals surface area (Å²) in [6.45, 7) is 3.36. The Balaban J connectivity index is 3.24. The summed E-state index contributed by atoms with van der Waals surface area (Å²) in [5.41, 5.74) is 5.52. The zero-order valence-electron chi connectivity index (χ0n) is 6.90. The van der Waals surface area contributed by atoms with Gasteiger partial charge >= 0.3 is 0 Å². The number of nitrogens with zero attached hydrogens (tertiary/aromatic N) is 2. The molecule has 5 heteroatoms. The van der Waals surface area contributed by atoms with E-state index in [1.165, 1.54) is 0 Å². The van der Waals surface area contributed by atoms with Gasteiger partial charge in [0.15, 0.2) is 5.82 Å². The Morgan fingerprint density at radius 1 is 1.64 bits per heavy atom. The van der Waals surface area contributed by atoms with Crippen molar-refractivity contribution in [2.24, 2.45) is 7.05 Å². The van der Waals surface area contributed by atoms with Gasteiger partial charge in [-0.15, -0.1) is 0 Å². The predicted molar refractivity (Wildman–Crippen MR) is 46.7 cm³/mol. The van der Waals surface area contributed by atoms with Gasteiger partial charge in [0.2, 0.25) is 0 Å². The summed E-state index contributed by atoms with van der Waals surface area (Å²) in [4.78, 5) is 0. The van der Waals surface area contributed by atoms with E-state index in [0.717, 1.165) is 0 Å². The molecule has 0 unspecified atom stereocenters. The number of aryl methyl sites for hydroxylation is 1. The van der Waals surface area contributed by atoms with Crippen molar-refractivity contribution in [2.45, 2.75) is 0 Å². The lowest BCUT2D eigenvalue weighted by Crippen LogP contribution is -2.05. The fourth-order valence-corrected chi connectivity index (χ4v) is 1.95. The van der Waals surface area contributed by atoms with Gasteiger partial charge in [-0.3, -0.25) is 4.68 Å². The number of hydrogen-bond acceptors (Lipinski definition) is 3. The number of aromatic nitrogens is 2. The molecule has 1 heterocycles. The standard InChI is InChI=1S/C6H12N3OP/c1-9-4-5(6(7)8-9)11(2,3)10/h4H,1-3H3,(H2,7,8). The number of nitrogen functional groups attached to an aromatic ring is 1. The molecule has 0 spiro atoms. The van der Waals surface area contributed by atoms with Crippen LogP contribution >= 0.6 is 7.14 Å². The molecule has 0 bridgehead atoms. The van der Waals surface area contributed by atoms with Crippen LogP contribution < -0.4 is 11.0 Å². The summed E-state index contributed by atoms with van der Waals surface area (Å²) in [7, 11) is -0.484. The van der Waals surface area contributed by atoms with Crippen LogP contribution in [0.5, 0.6) is 0 Å². The van der Waals surface area contributed by atoms with Gasteiger partial charge in [-0.25, -0.2) is 0 Å². The SMILES string of the molecule is Cn1cc(P(C)(C)=O)c(N)n1. The topological polar surface area (TPSA) is 60.9 Å². The maximum absolute atomic E-state index is 11.5. The van der Waals surface area contributed by atoms with Gasteiger partial charge < -0.3 is 10.3 Å². The fourth-order valence-electron chi connectivity index (χ4n) is 0.908. The average molecular weight is 173 g/mol. The summed E-state index contributed by atoms with van der Waals surface area (Å²) in [5.74, 6) is 0.376. The molecule has 0 aliphatic carbocycles. The van der Waals surface area contributed by atoms with E-state index in [2.05, 4.69) is 5.10 Å². The molecule has 1 rings (SSSR count). The molecule has 0 saturated heterocycles. The number of nitrogens with two attached hydrogens (primary N) is 1. The molecule has 2 N–H and O–H groups in total. The highest BCUT2D eigenvalue weighted by atomic mass is 31.2. The van der Waals surface area contributed by atoms with E-state index in [9.17, 15) is 4.57 Å². The van der Waals surface area contributed by atoms with Crippen molar-refractivity contribution in [3.05, 3.63) is 6.20 Å². The highest BCUT2D eigenvalue weighted by Crippen LogP contribution is 2.36. The summed E-state index contributed by atoms with van der Waals surface area (Å²) in [6, 6.07) is 0. The molecule has 0 radical (unpaired) electrons. The van der Waals surface area contributed by atoms with Gasteiger partial charge in [0.05, 0.1) is 5.30 Å². The van der Waals surface area contributed by atoms with Crippen LogP contribution in [0.4, 0.5) is 5.82 Å². The van der Waals surface area contributed by atoms with Gasteiger partial charge in [-0.1, -0.05) is 0 Å². The van der Waals surface area contributed by atoms with Crippen LogP contribution in [-0.2, 0) is 11.6 Å². The molecule has 62 valence electrons. The largest absolute Gasteiger partial charge is 0.382 e. The van der Waals surface area contributed by atoms with E-state index < -0.39 is 7.14 Å². The van der Waals surface area contributed by atoms with Crippen molar-refractivity contribution < 1.29 is 4.57 Å². The van der Waals surface area contributed by atoms with E-state index in [-0.39, 0.29) is 0 Å². The van der Waals surface area contributed by atoms with Gasteiger partial charge in [-0.2, -0.15) is 5.10 Å². The first-order valence-corrected chi connectivity index (χ1v) is 5.86. The van der Waals surface area contributed by atoms with Crippen LogP contribution in [0, 0.1) is 0 Å². The molecule has 0 aromatic carbocycles. The quantitative estimate of drug-likeness (QED) is 0.619. The third kappa shape index (κ3) is 1.63. The average Bonchev–Trinajstić information content (AvgIpc) is 2.08. The molecule has 0 atom stereocenters. The van der Waals surface area contributed by atoms with Crippen molar-refractivity contribution in [1.29, 1.82) is 0 Å². The van der Waals surface area contributed by atoms with E-state index in [0.29, 0.717) is 11.1 Å². The van der Waals surface area contributed by atoms with Crippen LogP contribution in [0.25, 0.3) is 0 Å². The number of rotatable bonds is 1. The molecular weight excluding hydrogens is 161 g/mol. The highest BCUT2D eigenvalue weighted by molar-refractivity contribution is 7.70. The van der Waals surface area contributed by atoms with Crippen LogP contribution in [0.15, 0.2) is 6.20 Å². The zero-order valence-corrected chi connectivity index (χ0v) is 7.80. The van der Waals surface area contributed by atoms with Crippen LogP contribution in [0.3, 0.4) is 0 Å². The lowest BCUT2D eigenvalue weighted by atomic mass is 10.7. The minimum absolute atomic E-state index is 0.376. The maximum Gasteiger partial charge on any atom is 0.156 e. The molecule has 0 fully saturated rings. The molecule has 0 aliphatic rings.